The molecule has 3 aromatic rings. The average molecular weight is 494 g/mol. The number of carbonyl (C=O) groups is 1. The fraction of sp³-hybridized carbons (Fsp3) is 0.231. The van der Waals surface area contributed by atoms with Crippen molar-refractivity contribution in [3.05, 3.63) is 89.7 Å². The Morgan fingerprint density at radius 1 is 1.03 bits per heavy atom. The number of fused-ring (bicyclic) bond motifs is 1. The smallest absolute Gasteiger partial charge is 0.285 e. The summed E-state index contributed by atoms with van der Waals surface area (Å²) in [5.41, 5.74) is 2.13. The van der Waals surface area contributed by atoms with Crippen LogP contribution in [0.4, 0.5) is 10.1 Å². The molecule has 180 valence electrons. The number of rotatable bonds is 5. The van der Waals surface area contributed by atoms with E-state index in [4.69, 9.17) is 4.74 Å². The Labute approximate surface area is 203 Å². The van der Waals surface area contributed by atoms with Crippen molar-refractivity contribution in [3.63, 3.8) is 0 Å². The minimum Gasteiger partial charge on any atom is -0.489 e. The van der Waals surface area contributed by atoms with Crippen LogP contribution in [0.2, 0.25) is 0 Å². The van der Waals surface area contributed by atoms with Gasteiger partial charge in [-0.25, -0.2) is 4.39 Å². The first kappa shape index (κ1) is 23.0. The summed E-state index contributed by atoms with van der Waals surface area (Å²) in [6.45, 7) is 1.34. The van der Waals surface area contributed by atoms with E-state index in [0.29, 0.717) is 48.8 Å². The van der Waals surface area contributed by atoms with E-state index in [-0.39, 0.29) is 29.1 Å². The Balaban J connectivity index is 1.18. The molecular formula is C26H24FN3O4S. The van der Waals surface area contributed by atoms with Crippen LogP contribution < -0.4 is 10.1 Å². The molecule has 0 saturated carbocycles. The Hall–Kier alpha value is -3.72. The number of anilines is 1. The third-order valence-corrected chi connectivity index (χ3v) is 7.50. The van der Waals surface area contributed by atoms with Gasteiger partial charge in [-0.2, -0.15) is 8.42 Å². The number of hydrogen-bond donors (Lipinski definition) is 1. The second-order valence-corrected chi connectivity index (χ2v) is 10.2. The molecular weight excluding hydrogens is 469 g/mol. The van der Waals surface area contributed by atoms with Crippen LogP contribution in [0.1, 0.15) is 24.0 Å². The molecule has 2 heterocycles. The van der Waals surface area contributed by atoms with Crippen molar-refractivity contribution < 1.29 is 22.3 Å². The van der Waals surface area contributed by atoms with Gasteiger partial charge in [-0.1, -0.05) is 30.3 Å². The van der Waals surface area contributed by atoms with E-state index in [1.165, 1.54) is 12.1 Å². The first-order valence-corrected chi connectivity index (χ1v) is 12.8. The number of carbonyl (C=O) groups excluding carboxylic acids is 1. The molecule has 1 N–H and O–H groups in total. The molecule has 0 atom stereocenters. The molecule has 1 saturated heterocycles. The lowest BCUT2D eigenvalue weighted by molar-refractivity contribution is -0.120. The topological polar surface area (TPSA) is 88.1 Å². The van der Waals surface area contributed by atoms with Gasteiger partial charge in [0.15, 0.2) is 5.84 Å². The lowest BCUT2D eigenvalue weighted by Crippen LogP contribution is -2.41. The van der Waals surface area contributed by atoms with E-state index in [2.05, 4.69) is 9.71 Å². The number of ether oxygens (including phenoxy) is 1. The van der Waals surface area contributed by atoms with Crippen LogP contribution in [-0.4, -0.2) is 38.2 Å². The van der Waals surface area contributed by atoms with Crippen molar-refractivity contribution in [3.8, 4) is 5.75 Å². The van der Waals surface area contributed by atoms with Gasteiger partial charge in [-0.15, -0.1) is 4.40 Å². The van der Waals surface area contributed by atoms with Gasteiger partial charge in [-0.05, 0) is 54.8 Å². The van der Waals surface area contributed by atoms with Crippen molar-refractivity contribution >= 4 is 27.5 Å². The number of hydrogen-bond acceptors (Lipinski definition) is 5. The van der Waals surface area contributed by atoms with Crippen LogP contribution in [0.25, 0.3) is 0 Å². The molecule has 0 aromatic heterocycles. The second kappa shape index (κ2) is 9.50. The molecule has 0 spiro atoms. The molecule has 9 heteroatoms. The first-order chi connectivity index (χ1) is 16.9. The maximum Gasteiger partial charge on any atom is 0.285 e. The fourth-order valence-electron chi connectivity index (χ4n) is 4.38. The van der Waals surface area contributed by atoms with Crippen molar-refractivity contribution in [2.24, 2.45) is 10.3 Å². The lowest BCUT2D eigenvalue weighted by Gasteiger charge is -2.32. The molecule has 1 amide bonds. The van der Waals surface area contributed by atoms with Gasteiger partial charge in [0.25, 0.3) is 10.0 Å². The molecule has 0 radical (unpaired) electrons. The first-order valence-electron chi connectivity index (χ1n) is 11.4. The minimum atomic E-state index is -3.67. The normalized spacial score (nSPS) is 16.9. The number of sulfonamides is 1. The maximum atomic E-state index is 13.3. The van der Waals surface area contributed by atoms with Gasteiger partial charge in [0, 0.05) is 36.3 Å². The van der Waals surface area contributed by atoms with E-state index in [1.54, 1.807) is 36.4 Å². The standard InChI is InChI=1S/C26H24FN3O4S/c27-20-6-4-8-22(16-20)34-17-18-5-3-7-21(15-18)28-26(31)19-11-13-30(14-12-19)25-23-9-1-2-10-24(23)35(32,33)29-25/h1-10,15-16,19H,11-14,17H2,(H,28,31). The number of amides is 1. The fourth-order valence-corrected chi connectivity index (χ4v) is 5.60. The number of amidine groups is 1. The number of benzene rings is 3. The van der Waals surface area contributed by atoms with Crippen LogP contribution in [0.5, 0.6) is 5.75 Å². The summed E-state index contributed by atoms with van der Waals surface area (Å²) in [5.74, 6) is 0.279. The predicted octanol–water partition coefficient (Wildman–Crippen LogP) is 4.20. The third-order valence-electron chi connectivity index (χ3n) is 6.17. The number of nitrogens with one attached hydrogen (secondary N) is 1. The molecule has 1 fully saturated rings. The van der Waals surface area contributed by atoms with E-state index in [1.807, 2.05) is 29.2 Å². The molecule has 0 aliphatic carbocycles. The highest BCUT2D eigenvalue weighted by Crippen LogP contribution is 2.30. The molecule has 5 rings (SSSR count). The Morgan fingerprint density at radius 3 is 2.60 bits per heavy atom. The molecule has 7 nitrogen and oxygen atoms in total. The Morgan fingerprint density at radius 2 is 1.80 bits per heavy atom. The number of piperidine rings is 1. The van der Waals surface area contributed by atoms with E-state index in [0.717, 1.165) is 5.56 Å². The van der Waals surface area contributed by atoms with Crippen molar-refractivity contribution in [2.75, 3.05) is 18.4 Å². The minimum absolute atomic E-state index is 0.0748. The van der Waals surface area contributed by atoms with E-state index in [9.17, 15) is 17.6 Å². The number of nitrogens with zero attached hydrogens (tertiary/aromatic N) is 2. The van der Waals surface area contributed by atoms with Crippen molar-refractivity contribution in [1.82, 2.24) is 4.90 Å². The van der Waals surface area contributed by atoms with E-state index < -0.39 is 10.0 Å². The maximum absolute atomic E-state index is 13.3. The van der Waals surface area contributed by atoms with Crippen LogP contribution in [0.3, 0.4) is 0 Å². The third kappa shape index (κ3) is 5.05. The quantitative estimate of drug-likeness (QED) is 0.576. The summed E-state index contributed by atoms with van der Waals surface area (Å²) in [6.07, 6.45) is 1.19. The molecule has 2 aliphatic heterocycles. The van der Waals surface area contributed by atoms with Gasteiger partial charge >= 0.3 is 0 Å². The van der Waals surface area contributed by atoms with Crippen LogP contribution in [0, 0.1) is 11.7 Å². The predicted molar refractivity (Wildman–Crippen MR) is 130 cm³/mol. The molecule has 0 bridgehead atoms. The zero-order valence-corrected chi connectivity index (χ0v) is 19.7. The Kier molecular flexibility index (Phi) is 6.25. The highest BCUT2D eigenvalue weighted by molar-refractivity contribution is 7.90. The number of halogens is 1. The monoisotopic (exact) mass is 493 g/mol. The molecule has 2 aliphatic rings. The largest absolute Gasteiger partial charge is 0.489 e. The SMILES string of the molecule is O=C(Nc1cccc(COc2cccc(F)c2)c1)C1CCN(C2=NS(=O)(=O)c3ccccc32)CC1. The van der Waals surface area contributed by atoms with Gasteiger partial charge in [0.05, 0.1) is 0 Å². The molecule has 3 aromatic carbocycles. The van der Waals surface area contributed by atoms with Crippen LogP contribution in [0.15, 0.2) is 82.1 Å². The van der Waals surface area contributed by atoms with Crippen molar-refractivity contribution in [1.29, 1.82) is 0 Å². The van der Waals surface area contributed by atoms with Gasteiger partial charge in [0.2, 0.25) is 5.91 Å². The average Bonchev–Trinajstić information content (AvgIpc) is 3.14. The van der Waals surface area contributed by atoms with Gasteiger partial charge in [0.1, 0.15) is 23.1 Å². The zero-order valence-electron chi connectivity index (χ0n) is 18.9. The second-order valence-electron chi connectivity index (χ2n) is 8.58. The van der Waals surface area contributed by atoms with E-state index >= 15 is 0 Å². The number of likely N-dealkylation sites (tertiary alicyclic amines) is 1. The van der Waals surface area contributed by atoms with Crippen LogP contribution in [-0.2, 0) is 21.4 Å². The summed E-state index contributed by atoms with van der Waals surface area (Å²) in [6, 6.07) is 20.1. The summed E-state index contributed by atoms with van der Waals surface area (Å²) in [4.78, 5) is 15.1. The zero-order chi connectivity index (χ0) is 24.4. The summed E-state index contributed by atoms with van der Waals surface area (Å²) in [7, 11) is -3.67. The van der Waals surface area contributed by atoms with Crippen molar-refractivity contribution in [2.45, 2.75) is 24.3 Å². The van der Waals surface area contributed by atoms with Gasteiger partial charge < -0.3 is 15.0 Å². The summed E-state index contributed by atoms with van der Waals surface area (Å²) in [5, 5.41) is 2.97. The van der Waals surface area contributed by atoms with Crippen LogP contribution >= 0.6 is 0 Å². The highest BCUT2D eigenvalue weighted by atomic mass is 32.2. The highest BCUT2D eigenvalue weighted by Gasteiger charge is 2.34. The van der Waals surface area contributed by atoms with Gasteiger partial charge in [-0.3, -0.25) is 4.79 Å². The molecule has 35 heavy (non-hydrogen) atoms. The summed E-state index contributed by atoms with van der Waals surface area (Å²) < 4.78 is 47.6. The Bertz CT molecular complexity index is 1400. The summed E-state index contributed by atoms with van der Waals surface area (Å²) >= 11 is 0. The molecule has 0 unspecified atom stereocenters. The lowest BCUT2D eigenvalue weighted by atomic mass is 9.95.